The van der Waals surface area contributed by atoms with Gasteiger partial charge in [-0.05, 0) is 35.7 Å². The van der Waals surface area contributed by atoms with Gasteiger partial charge in [-0.1, -0.05) is 47.2 Å². The molecule has 0 aliphatic carbocycles. The van der Waals surface area contributed by atoms with Crippen LogP contribution in [0.4, 0.5) is 0 Å². The lowest BCUT2D eigenvalue weighted by molar-refractivity contribution is 0.304. The molecule has 3 aromatic rings. The maximum absolute atomic E-state index is 5.90. The van der Waals surface area contributed by atoms with Gasteiger partial charge in [-0.2, -0.15) is 0 Å². The highest BCUT2D eigenvalue weighted by molar-refractivity contribution is 7.16. The number of hydrogen-bond donors (Lipinski definition) is 0. The maximum atomic E-state index is 5.90. The van der Waals surface area contributed by atoms with Crippen LogP contribution in [0.5, 0.6) is 5.19 Å². The summed E-state index contributed by atoms with van der Waals surface area (Å²) in [6.45, 7) is 2.60. The summed E-state index contributed by atoms with van der Waals surface area (Å²) < 4.78 is 5.76. The number of aromatic nitrogens is 2. The van der Waals surface area contributed by atoms with Gasteiger partial charge in [0.15, 0.2) is 0 Å². The van der Waals surface area contributed by atoms with Crippen molar-refractivity contribution in [1.29, 1.82) is 0 Å². The average Bonchev–Trinajstić information content (AvgIpc) is 2.95. The summed E-state index contributed by atoms with van der Waals surface area (Å²) in [4.78, 5) is 9.29. The summed E-state index contributed by atoms with van der Waals surface area (Å²) in [7, 11) is 0. The minimum atomic E-state index is 0.475. The van der Waals surface area contributed by atoms with Gasteiger partial charge >= 0.3 is 0 Å². The third-order valence-corrected chi connectivity index (χ3v) is 4.27. The third kappa shape index (κ3) is 3.40. The molecule has 3 nitrogen and oxygen atoms in total. The zero-order valence-electron chi connectivity index (χ0n) is 11.4. The number of hydrogen-bond acceptors (Lipinski definition) is 4. The molecule has 3 rings (SSSR count). The zero-order valence-corrected chi connectivity index (χ0v) is 13.0. The molecule has 2 heterocycles. The molecule has 0 radical (unpaired) electrons. The molecule has 2 aromatic heterocycles. The Kier molecular flexibility index (Phi) is 4.18. The molecule has 0 amide bonds. The second-order valence-corrected chi connectivity index (χ2v) is 5.95. The van der Waals surface area contributed by atoms with E-state index in [-0.39, 0.29) is 0 Å². The van der Waals surface area contributed by atoms with E-state index < -0.39 is 0 Å². The third-order valence-electron chi connectivity index (χ3n) is 3.11. The van der Waals surface area contributed by atoms with E-state index in [4.69, 9.17) is 16.3 Å². The molecule has 0 aliphatic heterocycles. The van der Waals surface area contributed by atoms with Gasteiger partial charge in [0.1, 0.15) is 11.8 Å². The van der Waals surface area contributed by atoms with Gasteiger partial charge in [0, 0.05) is 12.4 Å². The second-order valence-electron chi connectivity index (χ2n) is 4.57. The quantitative estimate of drug-likeness (QED) is 0.652. The predicted molar refractivity (Wildman–Crippen MR) is 85.9 cm³/mol. The number of thiazole rings is 1. The van der Waals surface area contributed by atoms with Gasteiger partial charge in [-0.3, -0.25) is 0 Å². The Morgan fingerprint density at radius 1 is 1.19 bits per heavy atom. The molecular formula is C16H13ClN2OS. The van der Waals surface area contributed by atoms with Crippen molar-refractivity contribution in [3.05, 3.63) is 65.1 Å². The normalized spacial score (nSPS) is 10.6. The van der Waals surface area contributed by atoms with Crippen molar-refractivity contribution in [2.24, 2.45) is 0 Å². The number of halogens is 1. The molecular weight excluding hydrogens is 304 g/mol. The van der Waals surface area contributed by atoms with Crippen LogP contribution in [0.3, 0.4) is 0 Å². The van der Waals surface area contributed by atoms with E-state index in [1.54, 1.807) is 12.4 Å². The minimum Gasteiger partial charge on any atom is -0.465 e. The summed E-state index contributed by atoms with van der Waals surface area (Å²) >= 11 is 7.40. The van der Waals surface area contributed by atoms with Crippen LogP contribution in [-0.2, 0) is 6.61 Å². The van der Waals surface area contributed by atoms with E-state index in [0.717, 1.165) is 10.4 Å². The van der Waals surface area contributed by atoms with E-state index in [0.29, 0.717) is 17.0 Å². The van der Waals surface area contributed by atoms with E-state index in [2.05, 4.69) is 29.0 Å². The minimum absolute atomic E-state index is 0.475. The monoisotopic (exact) mass is 316 g/mol. The van der Waals surface area contributed by atoms with Crippen molar-refractivity contribution in [3.63, 3.8) is 0 Å². The molecule has 0 spiro atoms. The fourth-order valence-electron chi connectivity index (χ4n) is 1.93. The Labute approximate surface area is 132 Å². The van der Waals surface area contributed by atoms with E-state index in [1.165, 1.54) is 22.5 Å². The zero-order chi connectivity index (χ0) is 14.7. The highest BCUT2D eigenvalue weighted by atomic mass is 35.5. The van der Waals surface area contributed by atoms with Gasteiger partial charge in [0.25, 0.3) is 5.19 Å². The summed E-state index contributed by atoms with van der Waals surface area (Å²) in [5, 5.41) is 1.13. The number of nitrogens with zero attached hydrogens (tertiary/aromatic N) is 2. The van der Waals surface area contributed by atoms with Gasteiger partial charge in [-0.25, -0.2) is 9.97 Å². The first-order valence-corrected chi connectivity index (χ1v) is 7.67. The van der Waals surface area contributed by atoms with Crippen molar-refractivity contribution in [1.82, 2.24) is 9.97 Å². The van der Waals surface area contributed by atoms with E-state index in [1.807, 2.05) is 24.3 Å². The largest absolute Gasteiger partial charge is 0.465 e. The lowest BCUT2D eigenvalue weighted by Gasteiger charge is -2.05. The van der Waals surface area contributed by atoms with Crippen molar-refractivity contribution < 1.29 is 4.74 Å². The topological polar surface area (TPSA) is 35.0 Å². The molecule has 106 valence electrons. The Balaban J connectivity index is 1.72. The predicted octanol–water partition coefficient (Wildman–Crippen LogP) is 4.75. The van der Waals surface area contributed by atoms with Gasteiger partial charge in [0.05, 0.1) is 4.88 Å². The molecule has 0 saturated heterocycles. The number of pyridine rings is 1. The van der Waals surface area contributed by atoms with Crippen LogP contribution in [0.15, 0.2) is 48.8 Å². The van der Waals surface area contributed by atoms with Gasteiger partial charge in [-0.15, -0.1) is 0 Å². The molecule has 0 aliphatic rings. The Morgan fingerprint density at radius 2 is 2.05 bits per heavy atom. The molecule has 0 N–H and O–H groups in total. The summed E-state index contributed by atoms with van der Waals surface area (Å²) in [5.41, 5.74) is 3.38. The number of rotatable bonds is 4. The molecule has 0 bridgehead atoms. The van der Waals surface area contributed by atoms with Crippen molar-refractivity contribution in [2.75, 3.05) is 0 Å². The first-order chi connectivity index (χ1) is 10.2. The summed E-state index contributed by atoms with van der Waals surface area (Å²) in [5.74, 6) is 0. The smallest absolute Gasteiger partial charge is 0.274 e. The number of benzene rings is 1. The molecule has 0 unspecified atom stereocenters. The van der Waals surface area contributed by atoms with Gasteiger partial charge in [0.2, 0.25) is 0 Å². The van der Waals surface area contributed by atoms with Crippen molar-refractivity contribution in [3.8, 4) is 15.6 Å². The fraction of sp³-hybridized carbons (Fsp3) is 0.125. The van der Waals surface area contributed by atoms with Crippen molar-refractivity contribution >= 4 is 22.9 Å². The molecule has 21 heavy (non-hydrogen) atoms. The number of aryl methyl sites for hydroxylation is 1. The van der Waals surface area contributed by atoms with Crippen molar-refractivity contribution in [2.45, 2.75) is 13.5 Å². The fourth-order valence-corrected chi connectivity index (χ4v) is 2.86. The maximum Gasteiger partial charge on any atom is 0.274 e. The van der Waals surface area contributed by atoms with Gasteiger partial charge < -0.3 is 4.74 Å². The molecule has 0 fully saturated rings. The highest BCUT2D eigenvalue weighted by Gasteiger charge is 2.07. The van der Waals surface area contributed by atoms with E-state index in [9.17, 15) is 0 Å². The van der Waals surface area contributed by atoms with Crippen LogP contribution < -0.4 is 4.74 Å². The lowest BCUT2D eigenvalue weighted by atomic mass is 10.1. The Hall–Kier alpha value is -1.91. The van der Waals surface area contributed by atoms with Crippen LogP contribution in [0, 0.1) is 6.92 Å². The lowest BCUT2D eigenvalue weighted by Crippen LogP contribution is -1.96. The van der Waals surface area contributed by atoms with E-state index >= 15 is 0 Å². The molecule has 1 aromatic carbocycles. The standard InChI is InChI=1S/C16H13ClN2OS/c1-11-4-2-3-5-13(11)10-20-16-19-9-14(21-16)12-6-7-18-15(17)8-12/h2-9H,10H2,1H3. The Morgan fingerprint density at radius 3 is 2.86 bits per heavy atom. The number of ether oxygens (including phenoxy) is 1. The first kappa shape index (κ1) is 14.0. The SMILES string of the molecule is Cc1ccccc1COc1ncc(-c2ccnc(Cl)c2)s1. The van der Waals surface area contributed by atoms with Crippen LogP contribution in [-0.4, -0.2) is 9.97 Å². The molecule has 5 heteroatoms. The van der Waals surface area contributed by atoms with Crippen LogP contribution in [0.25, 0.3) is 10.4 Å². The molecule has 0 saturated carbocycles. The first-order valence-electron chi connectivity index (χ1n) is 6.47. The highest BCUT2D eigenvalue weighted by Crippen LogP contribution is 2.31. The van der Waals surface area contributed by atoms with Crippen LogP contribution in [0.2, 0.25) is 5.15 Å². The second kappa shape index (κ2) is 6.24. The Bertz CT molecular complexity index is 757. The van der Waals surface area contributed by atoms with Crippen LogP contribution in [0.1, 0.15) is 11.1 Å². The average molecular weight is 317 g/mol. The molecule has 0 atom stereocenters. The summed E-state index contributed by atoms with van der Waals surface area (Å²) in [6, 6.07) is 11.9. The van der Waals surface area contributed by atoms with Crippen LogP contribution >= 0.6 is 22.9 Å². The summed E-state index contributed by atoms with van der Waals surface area (Å²) in [6.07, 6.45) is 3.48.